The van der Waals surface area contributed by atoms with E-state index in [1.54, 1.807) is 18.2 Å². The molecule has 0 saturated carbocycles. The summed E-state index contributed by atoms with van der Waals surface area (Å²) in [7, 11) is 0. The number of carbonyl (C=O) groups excluding carboxylic acids is 1. The smallest absolute Gasteiger partial charge is 0.253 e. The van der Waals surface area contributed by atoms with Gasteiger partial charge in [0, 0.05) is 12.7 Å². The van der Waals surface area contributed by atoms with Crippen molar-refractivity contribution >= 4 is 23.3 Å². The largest absolute Gasteiger partial charge is 0.348 e. The summed E-state index contributed by atoms with van der Waals surface area (Å²) in [6.07, 6.45) is 1.38. The number of benzene rings is 1. The van der Waals surface area contributed by atoms with E-state index in [0.29, 0.717) is 23.5 Å². The van der Waals surface area contributed by atoms with Gasteiger partial charge >= 0.3 is 0 Å². The molecule has 2 aromatic rings. The van der Waals surface area contributed by atoms with Crippen LogP contribution in [0.5, 0.6) is 0 Å². The number of nitrogens with two attached hydrogens (primary N) is 1. The molecule has 1 heterocycles. The molecular formula is C14H12ClN5O. The van der Waals surface area contributed by atoms with Gasteiger partial charge in [0.25, 0.3) is 5.91 Å². The van der Waals surface area contributed by atoms with Crippen molar-refractivity contribution in [3.63, 3.8) is 0 Å². The molecular weight excluding hydrogens is 290 g/mol. The van der Waals surface area contributed by atoms with Gasteiger partial charge in [0.1, 0.15) is 0 Å². The predicted octanol–water partition coefficient (Wildman–Crippen LogP) is 1.82. The average molecular weight is 302 g/mol. The number of carbonyl (C=O) groups is 1. The Balaban J connectivity index is 2.04. The van der Waals surface area contributed by atoms with Crippen molar-refractivity contribution in [3.05, 3.63) is 58.2 Å². The molecule has 0 aliphatic heterocycles. The summed E-state index contributed by atoms with van der Waals surface area (Å²) in [6.45, 7) is 0.308. The second kappa shape index (κ2) is 6.70. The molecule has 21 heavy (non-hydrogen) atoms. The topological polar surface area (TPSA) is 104 Å². The van der Waals surface area contributed by atoms with E-state index in [-0.39, 0.29) is 10.9 Å². The molecule has 6 nitrogen and oxygen atoms in total. The van der Waals surface area contributed by atoms with Crippen LogP contribution in [0.4, 0.5) is 5.82 Å². The van der Waals surface area contributed by atoms with Crippen LogP contribution in [0.15, 0.2) is 36.5 Å². The molecule has 0 unspecified atom stereocenters. The molecule has 1 aromatic heterocycles. The molecule has 0 bridgehead atoms. The molecule has 2 rings (SSSR count). The first-order valence-corrected chi connectivity index (χ1v) is 6.41. The first-order valence-electron chi connectivity index (χ1n) is 6.03. The van der Waals surface area contributed by atoms with Gasteiger partial charge in [-0.25, -0.2) is 10.8 Å². The Morgan fingerprint density at radius 2 is 2.24 bits per heavy atom. The Kier molecular flexibility index (Phi) is 4.72. The van der Waals surface area contributed by atoms with Crippen molar-refractivity contribution in [2.75, 3.05) is 5.43 Å². The van der Waals surface area contributed by atoms with Crippen LogP contribution in [-0.2, 0) is 6.54 Å². The molecule has 106 valence electrons. The summed E-state index contributed by atoms with van der Waals surface area (Å²) in [5, 5.41) is 11.8. The third kappa shape index (κ3) is 3.69. The fraction of sp³-hybridized carbons (Fsp3) is 0.0714. The highest BCUT2D eigenvalue weighted by atomic mass is 35.5. The van der Waals surface area contributed by atoms with Crippen molar-refractivity contribution in [1.82, 2.24) is 10.3 Å². The fourth-order valence-electron chi connectivity index (χ4n) is 1.70. The monoisotopic (exact) mass is 301 g/mol. The molecule has 0 atom stereocenters. The van der Waals surface area contributed by atoms with Crippen molar-refractivity contribution in [2.45, 2.75) is 6.54 Å². The van der Waals surface area contributed by atoms with E-state index in [1.165, 1.54) is 12.3 Å². The van der Waals surface area contributed by atoms with Crippen LogP contribution in [-0.4, -0.2) is 10.9 Å². The number of nitrogen functional groups attached to an aromatic ring is 1. The molecule has 0 radical (unpaired) electrons. The lowest BCUT2D eigenvalue weighted by Gasteiger charge is -2.07. The van der Waals surface area contributed by atoms with Crippen LogP contribution in [0.2, 0.25) is 5.02 Å². The van der Waals surface area contributed by atoms with Crippen LogP contribution in [0.25, 0.3) is 0 Å². The minimum absolute atomic E-state index is 0.261. The molecule has 1 aromatic carbocycles. The Labute approximate surface area is 126 Å². The number of nitriles is 1. The predicted molar refractivity (Wildman–Crippen MR) is 79.4 cm³/mol. The van der Waals surface area contributed by atoms with E-state index >= 15 is 0 Å². The third-order valence-electron chi connectivity index (χ3n) is 2.75. The SMILES string of the molecule is N#Cc1cccc(CNC(=O)c2cnc(NN)c(Cl)c2)c1. The molecule has 7 heteroatoms. The zero-order valence-corrected chi connectivity index (χ0v) is 11.7. The lowest BCUT2D eigenvalue weighted by Crippen LogP contribution is -2.23. The first-order chi connectivity index (χ1) is 10.1. The van der Waals surface area contributed by atoms with Crippen LogP contribution >= 0.6 is 11.6 Å². The van der Waals surface area contributed by atoms with Gasteiger partial charge in [0.15, 0.2) is 5.82 Å². The quantitative estimate of drug-likeness (QED) is 0.590. The number of anilines is 1. The summed E-state index contributed by atoms with van der Waals surface area (Å²) in [5.74, 6) is 5.21. The summed E-state index contributed by atoms with van der Waals surface area (Å²) in [5.41, 5.74) is 4.04. The summed E-state index contributed by atoms with van der Waals surface area (Å²) in [4.78, 5) is 15.9. The molecule has 1 amide bonds. The second-order valence-corrected chi connectivity index (χ2v) is 4.60. The number of hydrogen-bond acceptors (Lipinski definition) is 5. The van der Waals surface area contributed by atoms with Crippen LogP contribution in [0, 0.1) is 11.3 Å². The van der Waals surface area contributed by atoms with Crippen molar-refractivity contribution in [3.8, 4) is 6.07 Å². The van der Waals surface area contributed by atoms with Gasteiger partial charge in [-0.1, -0.05) is 23.7 Å². The van der Waals surface area contributed by atoms with Gasteiger partial charge in [0.2, 0.25) is 0 Å². The standard InChI is InChI=1S/C14H12ClN5O/c15-12-5-11(8-18-13(12)20-17)14(21)19-7-10-3-1-2-9(4-10)6-16/h1-5,8H,7,17H2,(H,18,20)(H,19,21). The van der Waals surface area contributed by atoms with Gasteiger partial charge in [0.05, 0.1) is 22.2 Å². The maximum atomic E-state index is 12.0. The minimum atomic E-state index is -0.310. The fourth-order valence-corrected chi connectivity index (χ4v) is 1.92. The van der Waals surface area contributed by atoms with Gasteiger partial charge in [-0.2, -0.15) is 5.26 Å². The van der Waals surface area contributed by atoms with Crippen molar-refractivity contribution in [2.24, 2.45) is 5.84 Å². The van der Waals surface area contributed by atoms with Crippen LogP contribution < -0.4 is 16.6 Å². The zero-order chi connectivity index (χ0) is 15.2. The Morgan fingerprint density at radius 1 is 1.43 bits per heavy atom. The van der Waals surface area contributed by atoms with Crippen LogP contribution in [0.1, 0.15) is 21.5 Å². The molecule has 0 aliphatic carbocycles. The highest BCUT2D eigenvalue weighted by molar-refractivity contribution is 6.33. The number of nitrogens with zero attached hydrogens (tertiary/aromatic N) is 2. The number of halogens is 1. The Bertz CT molecular complexity index is 711. The van der Waals surface area contributed by atoms with Gasteiger partial charge < -0.3 is 10.7 Å². The number of pyridine rings is 1. The van der Waals surface area contributed by atoms with Crippen LogP contribution in [0.3, 0.4) is 0 Å². The molecule has 0 spiro atoms. The molecule has 4 N–H and O–H groups in total. The highest BCUT2D eigenvalue weighted by Gasteiger charge is 2.09. The number of hydrogen-bond donors (Lipinski definition) is 3. The minimum Gasteiger partial charge on any atom is -0.348 e. The lowest BCUT2D eigenvalue weighted by atomic mass is 10.1. The first kappa shape index (κ1) is 14.8. The van der Waals surface area contributed by atoms with Gasteiger partial charge in [-0.05, 0) is 23.8 Å². The molecule has 0 saturated heterocycles. The summed E-state index contributed by atoms with van der Waals surface area (Å²) < 4.78 is 0. The zero-order valence-electron chi connectivity index (χ0n) is 10.9. The number of amides is 1. The second-order valence-electron chi connectivity index (χ2n) is 4.19. The Morgan fingerprint density at radius 3 is 2.90 bits per heavy atom. The number of nitrogens with one attached hydrogen (secondary N) is 2. The van der Waals surface area contributed by atoms with Crippen molar-refractivity contribution in [1.29, 1.82) is 5.26 Å². The number of rotatable bonds is 4. The molecule has 0 aliphatic rings. The van der Waals surface area contributed by atoms with E-state index in [9.17, 15) is 4.79 Å². The molecule has 0 fully saturated rings. The Hall–Kier alpha value is -2.62. The number of hydrazine groups is 1. The van der Waals surface area contributed by atoms with Crippen molar-refractivity contribution < 1.29 is 4.79 Å². The van der Waals surface area contributed by atoms with E-state index in [4.69, 9.17) is 22.7 Å². The van der Waals surface area contributed by atoms with Gasteiger partial charge in [-0.15, -0.1) is 0 Å². The maximum absolute atomic E-state index is 12.0. The maximum Gasteiger partial charge on any atom is 0.253 e. The lowest BCUT2D eigenvalue weighted by molar-refractivity contribution is 0.0950. The summed E-state index contributed by atoms with van der Waals surface area (Å²) >= 11 is 5.91. The van der Waals surface area contributed by atoms with E-state index in [0.717, 1.165) is 5.56 Å². The average Bonchev–Trinajstić information content (AvgIpc) is 2.52. The highest BCUT2D eigenvalue weighted by Crippen LogP contribution is 2.18. The summed E-state index contributed by atoms with van der Waals surface area (Å²) in [6, 6.07) is 10.5. The van der Waals surface area contributed by atoms with Gasteiger partial charge in [-0.3, -0.25) is 4.79 Å². The normalized spacial score (nSPS) is 9.76. The number of aromatic nitrogens is 1. The van der Waals surface area contributed by atoms with E-state index in [2.05, 4.69) is 15.7 Å². The van der Waals surface area contributed by atoms with E-state index in [1.807, 2.05) is 12.1 Å². The van der Waals surface area contributed by atoms with E-state index < -0.39 is 0 Å². The third-order valence-corrected chi connectivity index (χ3v) is 3.04.